The summed E-state index contributed by atoms with van der Waals surface area (Å²) in [5.74, 6) is -1.50. The average Bonchev–Trinajstić information content (AvgIpc) is 3.23. The van der Waals surface area contributed by atoms with Crippen molar-refractivity contribution in [2.45, 2.75) is 30.1 Å². The van der Waals surface area contributed by atoms with Gasteiger partial charge in [0.05, 0.1) is 31.0 Å². The topological polar surface area (TPSA) is 101 Å². The Morgan fingerprint density at radius 1 is 1.18 bits per heavy atom. The number of nitrogens with one attached hydrogen (secondary N) is 1. The SMILES string of the molecule is CCNC(=O)[C@H]1[C@@H](O)[C@@]2(O)c3c(OC)cncc3O[C@@]2(c2ccc(Br)cc2)[C@@H]1c1ccccc1. The van der Waals surface area contributed by atoms with Crippen molar-refractivity contribution in [1.82, 2.24) is 10.3 Å². The van der Waals surface area contributed by atoms with Crippen LogP contribution in [0.15, 0.2) is 71.5 Å². The van der Waals surface area contributed by atoms with Crippen molar-refractivity contribution in [3.05, 3.63) is 88.2 Å². The molecule has 176 valence electrons. The number of rotatable bonds is 5. The molecule has 0 radical (unpaired) electrons. The Morgan fingerprint density at radius 3 is 2.53 bits per heavy atom. The first-order chi connectivity index (χ1) is 16.4. The third-order valence-corrected chi connectivity index (χ3v) is 7.49. The van der Waals surface area contributed by atoms with Gasteiger partial charge in [0, 0.05) is 16.9 Å². The number of hydrogen-bond acceptors (Lipinski definition) is 6. The van der Waals surface area contributed by atoms with Crippen LogP contribution in [0.3, 0.4) is 0 Å². The number of benzene rings is 2. The van der Waals surface area contributed by atoms with Crippen LogP contribution in [-0.4, -0.2) is 40.9 Å². The van der Waals surface area contributed by atoms with Crippen LogP contribution in [0, 0.1) is 5.92 Å². The van der Waals surface area contributed by atoms with Crippen molar-refractivity contribution < 1.29 is 24.5 Å². The Bertz CT molecular complexity index is 1220. The zero-order chi connectivity index (χ0) is 24.1. The van der Waals surface area contributed by atoms with E-state index in [4.69, 9.17) is 9.47 Å². The van der Waals surface area contributed by atoms with Crippen molar-refractivity contribution in [2.24, 2.45) is 5.92 Å². The van der Waals surface area contributed by atoms with Crippen molar-refractivity contribution in [3.63, 3.8) is 0 Å². The molecule has 1 fully saturated rings. The molecule has 0 bridgehead atoms. The fourth-order valence-corrected chi connectivity index (χ4v) is 5.94. The van der Waals surface area contributed by atoms with Crippen LogP contribution in [0.4, 0.5) is 0 Å². The van der Waals surface area contributed by atoms with Crippen molar-refractivity contribution >= 4 is 21.8 Å². The highest BCUT2D eigenvalue weighted by Crippen LogP contribution is 2.69. The number of pyridine rings is 1. The Kier molecular flexibility index (Phi) is 5.62. The molecule has 0 spiro atoms. The summed E-state index contributed by atoms with van der Waals surface area (Å²) in [6.45, 7) is 2.20. The third kappa shape index (κ3) is 2.95. The molecule has 1 aromatic heterocycles. The zero-order valence-electron chi connectivity index (χ0n) is 18.7. The van der Waals surface area contributed by atoms with Gasteiger partial charge in [0.25, 0.3) is 0 Å². The Hall–Kier alpha value is -2.94. The summed E-state index contributed by atoms with van der Waals surface area (Å²) in [6, 6.07) is 16.8. The van der Waals surface area contributed by atoms with Gasteiger partial charge in [0.15, 0.2) is 11.2 Å². The van der Waals surface area contributed by atoms with Gasteiger partial charge in [-0.25, -0.2) is 0 Å². The smallest absolute Gasteiger partial charge is 0.226 e. The quantitative estimate of drug-likeness (QED) is 0.473. The fraction of sp³-hybridized carbons (Fsp3) is 0.308. The molecule has 8 heteroatoms. The highest BCUT2D eigenvalue weighted by molar-refractivity contribution is 9.10. The van der Waals surface area contributed by atoms with E-state index in [1.54, 1.807) is 0 Å². The van der Waals surface area contributed by atoms with Gasteiger partial charge in [0.1, 0.15) is 17.6 Å². The molecule has 0 unspecified atom stereocenters. The van der Waals surface area contributed by atoms with Gasteiger partial charge in [-0.2, -0.15) is 0 Å². The number of amides is 1. The molecule has 2 heterocycles. The second-order valence-corrected chi connectivity index (χ2v) is 9.50. The van der Waals surface area contributed by atoms with Crippen LogP contribution in [-0.2, 0) is 16.0 Å². The largest absolute Gasteiger partial charge is 0.495 e. The maximum Gasteiger partial charge on any atom is 0.226 e. The monoisotopic (exact) mass is 524 g/mol. The second kappa shape index (κ2) is 8.37. The molecular formula is C26H25BrN2O5. The van der Waals surface area contributed by atoms with Gasteiger partial charge in [-0.05, 0) is 30.2 Å². The summed E-state index contributed by atoms with van der Waals surface area (Å²) in [4.78, 5) is 17.6. The normalized spacial score (nSPS) is 29.1. The molecule has 2 aromatic carbocycles. The zero-order valence-corrected chi connectivity index (χ0v) is 20.3. The minimum absolute atomic E-state index is 0.279. The molecule has 1 aliphatic carbocycles. The predicted molar refractivity (Wildman–Crippen MR) is 128 cm³/mol. The Morgan fingerprint density at radius 2 is 1.88 bits per heavy atom. The molecule has 34 heavy (non-hydrogen) atoms. The summed E-state index contributed by atoms with van der Waals surface area (Å²) in [6.07, 6.45) is 1.48. The number of halogens is 1. The number of carbonyl (C=O) groups is 1. The minimum atomic E-state index is -2.00. The Balaban J connectivity index is 1.87. The number of aromatic nitrogens is 1. The van der Waals surface area contributed by atoms with E-state index in [1.165, 1.54) is 19.5 Å². The van der Waals surface area contributed by atoms with Crippen LogP contribution in [0.1, 0.15) is 29.5 Å². The highest BCUT2D eigenvalue weighted by atomic mass is 79.9. The maximum atomic E-state index is 13.4. The van der Waals surface area contributed by atoms with Crippen molar-refractivity contribution in [3.8, 4) is 11.5 Å². The molecule has 3 N–H and O–H groups in total. The summed E-state index contributed by atoms with van der Waals surface area (Å²) < 4.78 is 13.0. The standard InChI is InChI=1S/C26H25BrN2O5/c1-3-29-24(31)20-21(15-7-5-4-6-8-15)26(16-9-11-17(27)12-10-16)25(32,23(20)30)22-18(33-2)13-28-14-19(22)34-26/h4-14,20-21,23,30,32H,3H2,1-2H3,(H,29,31)/t20-,21-,23-,25+,26+/m1/s1. The van der Waals surface area contributed by atoms with Crippen molar-refractivity contribution in [1.29, 1.82) is 0 Å². The maximum absolute atomic E-state index is 13.4. The molecule has 1 amide bonds. The lowest BCUT2D eigenvalue weighted by atomic mass is 9.70. The molecule has 5 rings (SSSR count). The first-order valence-electron chi connectivity index (χ1n) is 11.1. The lowest BCUT2D eigenvalue weighted by Gasteiger charge is -2.40. The van der Waals surface area contributed by atoms with Crippen molar-refractivity contribution in [2.75, 3.05) is 13.7 Å². The van der Waals surface area contributed by atoms with Crippen LogP contribution in [0.2, 0.25) is 0 Å². The number of hydrogen-bond donors (Lipinski definition) is 3. The van der Waals surface area contributed by atoms with Gasteiger partial charge in [-0.1, -0.05) is 58.4 Å². The van der Waals surface area contributed by atoms with E-state index in [2.05, 4.69) is 26.2 Å². The van der Waals surface area contributed by atoms with E-state index in [0.717, 1.165) is 10.0 Å². The van der Waals surface area contributed by atoms with E-state index in [9.17, 15) is 15.0 Å². The van der Waals surface area contributed by atoms with Crippen LogP contribution < -0.4 is 14.8 Å². The Labute approximate surface area is 205 Å². The van der Waals surface area contributed by atoms with E-state index in [0.29, 0.717) is 17.9 Å². The molecule has 3 aromatic rings. The van der Waals surface area contributed by atoms with Gasteiger partial charge in [0.2, 0.25) is 5.91 Å². The molecular weight excluding hydrogens is 500 g/mol. The summed E-state index contributed by atoms with van der Waals surface area (Å²) in [5.41, 5.74) is -1.86. The number of aliphatic hydroxyl groups is 2. The lowest BCUT2D eigenvalue weighted by Crippen LogP contribution is -2.52. The first kappa shape index (κ1) is 22.8. The fourth-order valence-electron chi connectivity index (χ4n) is 5.68. The number of aliphatic hydroxyl groups excluding tert-OH is 1. The van der Waals surface area contributed by atoms with Gasteiger partial charge >= 0.3 is 0 Å². The molecule has 7 nitrogen and oxygen atoms in total. The summed E-state index contributed by atoms with van der Waals surface area (Å²) >= 11 is 3.47. The molecule has 1 aliphatic heterocycles. The van der Waals surface area contributed by atoms with Crippen LogP contribution in [0.5, 0.6) is 11.5 Å². The van der Waals surface area contributed by atoms with E-state index < -0.39 is 29.1 Å². The first-order valence-corrected chi connectivity index (χ1v) is 11.9. The molecule has 1 saturated carbocycles. The number of nitrogens with zero attached hydrogens (tertiary/aromatic N) is 1. The lowest BCUT2D eigenvalue weighted by molar-refractivity contribution is -0.154. The molecule has 2 aliphatic rings. The summed E-state index contributed by atoms with van der Waals surface area (Å²) in [5, 5.41) is 27.2. The number of carbonyl (C=O) groups excluding carboxylic acids is 1. The molecule has 0 saturated heterocycles. The third-order valence-electron chi connectivity index (χ3n) is 6.97. The van der Waals surface area contributed by atoms with E-state index >= 15 is 0 Å². The minimum Gasteiger partial charge on any atom is -0.495 e. The second-order valence-electron chi connectivity index (χ2n) is 8.58. The van der Waals surface area contributed by atoms with Gasteiger partial charge < -0.3 is 25.0 Å². The average molecular weight is 525 g/mol. The van der Waals surface area contributed by atoms with Gasteiger partial charge in [-0.15, -0.1) is 0 Å². The van der Waals surface area contributed by atoms with Gasteiger partial charge in [-0.3, -0.25) is 9.78 Å². The number of methoxy groups -OCH3 is 1. The van der Waals surface area contributed by atoms with E-state index in [1.807, 2.05) is 61.5 Å². The summed E-state index contributed by atoms with van der Waals surface area (Å²) in [7, 11) is 1.47. The number of ether oxygens (including phenoxy) is 2. The highest BCUT2D eigenvalue weighted by Gasteiger charge is 2.78. The molecule has 5 atom stereocenters. The number of fused-ring (bicyclic) bond motifs is 3. The van der Waals surface area contributed by atoms with Crippen LogP contribution >= 0.6 is 15.9 Å². The predicted octanol–water partition coefficient (Wildman–Crippen LogP) is 3.24. The van der Waals surface area contributed by atoms with Crippen LogP contribution in [0.25, 0.3) is 0 Å². The van der Waals surface area contributed by atoms with E-state index in [-0.39, 0.29) is 17.2 Å².